The predicted octanol–water partition coefficient (Wildman–Crippen LogP) is 4.09. The lowest BCUT2D eigenvalue weighted by Gasteiger charge is -2.30. The van der Waals surface area contributed by atoms with E-state index in [-0.39, 0.29) is 0 Å². The summed E-state index contributed by atoms with van der Waals surface area (Å²) in [7, 11) is 0. The Morgan fingerprint density at radius 2 is 2.14 bits per heavy atom. The molecule has 2 heterocycles. The van der Waals surface area contributed by atoms with Crippen LogP contribution in [-0.2, 0) is 13.0 Å². The standard InChI is InChI=1S/C16H25ClN4/c1-5-20-15-14(11(2)19-20)18-13(8-10-17)21(15)12-7-6-9-16(12,3)4/h12H,5-10H2,1-4H3. The number of alkyl halides is 1. The molecule has 0 radical (unpaired) electrons. The van der Waals surface area contributed by atoms with Crippen LogP contribution in [-0.4, -0.2) is 25.2 Å². The molecular weight excluding hydrogens is 284 g/mol. The number of halogens is 1. The minimum atomic E-state index is 0.311. The fraction of sp³-hybridized carbons (Fsp3) is 0.750. The monoisotopic (exact) mass is 308 g/mol. The van der Waals surface area contributed by atoms with E-state index in [1.807, 2.05) is 0 Å². The second-order valence-corrected chi connectivity index (χ2v) is 7.18. The van der Waals surface area contributed by atoms with Crippen LogP contribution in [0.5, 0.6) is 0 Å². The third kappa shape index (κ3) is 2.28. The molecule has 2 aromatic rings. The maximum atomic E-state index is 6.02. The van der Waals surface area contributed by atoms with Crippen molar-refractivity contribution in [3.05, 3.63) is 11.5 Å². The van der Waals surface area contributed by atoms with Gasteiger partial charge in [0.2, 0.25) is 0 Å². The number of hydrogen-bond donors (Lipinski definition) is 0. The molecule has 116 valence electrons. The van der Waals surface area contributed by atoms with Crippen molar-refractivity contribution < 1.29 is 0 Å². The molecule has 3 rings (SSSR count). The molecule has 0 N–H and O–H groups in total. The minimum absolute atomic E-state index is 0.311. The maximum Gasteiger partial charge on any atom is 0.159 e. The molecule has 2 aromatic heterocycles. The summed E-state index contributed by atoms with van der Waals surface area (Å²) in [6.45, 7) is 9.82. The number of nitrogens with zero attached hydrogens (tertiary/aromatic N) is 4. The van der Waals surface area contributed by atoms with Crippen molar-refractivity contribution in [3.63, 3.8) is 0 Å². The molecule has 1 fully saturated rings. The fourth-order valence-corrected chi connectivity index (χ4v) is 4.00. The highest BCUT2D eigenvalue weighted by atomic mass is 35.5. The molecule has 0 aliphatic heterocycles. The van der Waals surface area contributed by atoms with E-state index in [4.69, 9.17) is 16.6 Å². The van der Waals surface area contributed by atoms with Crippen molar-refractivity contribution in [1.82, 2.24) is 19.3 Å². The first-order valence-electron chi connectivity index (χ1n) is 7.99. The summed E-state index contributed by atoms with van der Waals surface area (Å²) in [6.07, 6.45) is 4.61. The molecule has 1 aliphatic carbocycles. The molecule has 1 unspecified atom stereocenters. The molecular formula is C16H25ClN4. The van der Waals surface area contributed by atoms with Gasteiger partial charge < -0.3 is 4.57 Å². The highest BCUT2D eigenvalue weighted by Crippen LogP contribution is 2.47. The van der Waals surface area contributed by atoms with E-state index >= 15 is 0 Å². The summed E-state index contributed by atoms with van der Waals surface area (Å²) in [5, 5.41) is 4.65. The van der Waals surface area contributed by atoms with Crippen LogP contribution in [0.2, 0.25) is 0 Å². The predicted molar refractivity (Wildman–Crippen MR) is 87.0 cm³/mol. The van der Waals surface area contributed by atoms with Crippen LogP contribution in [0.25, 0.3) is 11.2 Å². The van der Waals surface area contributed by atoms with Crippen LogP contribution in [0.4, 0.5) is 0 Å². The van der Waals surface area contributed by atoms with E-state index in [1.165, 1.54) is 24.9 Å². The van der Waals surface area contributed by atoms with Crippen molar-refractivity contribution in [3.8, 4) is 0 Å². The zero-order valence-electron chi connectivity index (χ0n) is 13.5. The number of aromatic nitrogens is 4. The van der Waals surface area contributed by atoms with E-state index in [0.717, 1.165) is 30.0 Å². The largest absolute Gasteiger partial charge is 0.309 e. The third-order valence-electron chi connectivity index (χ3n) is 4.95. The van der Waals surface area contributed by atoms with E-state index in [0.29, 0.717) is 17.3 Å². The molecule has 0 saturated heterocycles. The lowest BCUT2D eigenvalue weighted by atomic mass is 9.87. The van der Waals surface area contributed by atoms with Crippen LogP contribution in [0.3, 0.4) is 0 Å². The molecule has 0 amide bonds. The molecule has 1 aliphatic rings. The summed E-state index contributed by atoms with van der Waals surface area (Å²) in [5.74, 6) is 1.74. The van der Waals surface area contributed by atoms with Crippen molar-refractivity contribution in [2.24, 2.45) is 5.41 Å². The third-order valence-corrected chi connectivity index (χ3v) is 5.14. The average Bonchev–Trinajstić information content (AvgIpc) is 3.04. The summed E-state index contributed by atoms with van der Waals surface area (Å²) < 4.78 is 4.55. The van der Waals surface area contributed by atoms with Gasteiger partial charge in [-0.05, 0) is 32.1 Å². The first kappa shape index (κ1) is 14.9. The van der Waals surface area contributed by atoms with Gasteiger partial charge in [-0.2, -0.15) is 5.10 Å². The zero-order valence-corrected chi connectivity index (χ0v) is 14.2. The van der Waals surface area contributed by atoms with E-state index in [9.17, 15) is 0 Å². The van der Waals surface area contributed by atoms with Crippen molar-refractivity contribution in [1.29, 1.82) is 0 Å². The molecule has 1 saturated carbocycles. The quantitative estimate of drug-likeness (QED) is 0.797. The van der Waals surface area contributed by atoms with Crippen LogP contribution >= 0.6 is 11.6 Å². The van der Waals surface area contributed by atoms with Gasteiger partial charge in [0.25, 0.3) is 0 Å². The Kier molecular flexibility index (Phi) is 3.76. The molecule has 4 nitrogen and oxygen atoms in total. The van der Waals surface area contributed by atoms with Crippen molar-refractivity contribution >= 4 is 22.8 Å². The van der Waals surface area contributed by atoms with Gasteiger partial charge >= 0.3 is 0 Å². The highest BCUT2D eigenvalue weighted by molar-refractivity contribution is 6.17. The summed E-state index contributed by atoms with van der Waals surface area (Å²) in [4.78, 5) is 4.88. The van der Waals surface area contributed by atoms with Gasteiger partial charge in [0.15, 0.2) is 5.65 Å². The second-order valence-electron chi connectivity index (χ2n) is 6.81. The first-order chi connectivity index (χ1) is 9.99. The van der Waals surface area contributed by atoms with Gasteiger partial charge in [-0.25, -0.2) is 9.67 Å². The highest BCUT2D eigenvalue weighted by Gasteiger charge is 2.38. The number of fused-ring (bicyclic) bond motifs is 1. The first-order valence-corrected chi connectivity index (χ1v) is 8.53. The Morgan fingerprint density at radius 3 is 2.71 bits per heavy atom. The number of hydrogen-bond acceptors (Lipinski definition) is 2. The van der Waals surface area contributed by atoms with Crippen molar-refractivity contribution in [2.75, 3.05) is 5.88 Å². The van der Waals surface area contributed by atoms with Gasteiger partial charge in [0.05, 0.1) is 5.69 Å². The molecule has 5 heteroatoms. The summed E-state index contributed by atoms with van der Waals surface area (Å²) in [6, 6.07) is 0.502. The van der Waals surface area contributed by atoms with Gasteiger partial charge in [-0.3, -0.25) is 0 Å². The smallest absolute Gasteiger partial charge is 0.159 e. The van der Waals surface area contributed by atoms with Gasteiger partial charge in [0, 0.05) is 24.9 Å². The summed E-state index contributed by atoms with van der Waals surface area (Å²) in [5.41, 5.74) is 3.58. The van der Waals surface area contributed by atoms with Crippen LogP contribution in [0.15, 0.2) is 0 Å². The zero-order chi connectivity index (χ0) is 15.2. The lowest BCUT2D eigenvalue weighted by Crippen LogP contribution is -2.24. The van der Waals surface area contributed by atoms with Crippen molar-refractivity contribution in [2.45, 2.75) is 66.0 Å². The van der Waals surface area contributed by atoms with Gasteiger partial charge in [0.1, 0.15) is 11.3 Å². The topological polar surface area (TPSA) is 35.6 Å². The van der Waals surface area contributed by atoms with Crippen LogP contribution in [0, 0.1) is 12.3 Å². The van der Waals surface area contributed by atoms with Gasteiger partial charge in [-0.1, -0.05) is 20.3 Å². The Hall–Kier alpha value is -1.03. The Morgan fingerprint density at radius 1 is 1.38 bits per heavy atom. The Balaban J connectivity index is 2.24. The van der Waals surface area contributed by atoms with Gasteiger partial charge in [-0.15, -0.1) is 11.6 Å². The molecule has 21 heavy (non-hydrogen) atoms. The van der Waals surface area contributed by atoms with Crippen LogP contribution in [0.1, 0.15) is 57.6 Å². The SMILES string of the molecule is CCn1nc(C)c2nc(CCCl)n(C3CCCC3(C)C)c21. The average molecular weight is 309 g/mol. The minimum Gasteiger partial charge on any atom is -0.309 e. The molecule has 0 spiro atoms. The lowest BCUT2D eigenvalue weighted by molar-refractivity contribution is 0.259. The van der Waals surface area contributed by atoms with E-state index in [1.54, 1.807) is 0 Å². The number of imidazole rings is 1. The Bertz CT molecular complexity index is 653. The Labute approximate surface area is 131 Å². The second kappa shape index (κ2) is 5.31. The molecule has 0 bridgehead atoms. The molecule has 0 aromatic carbocycles. The summed E-state index contributed by atoms with van der Waals surface area (Å²) >= 11 is 6.02. The van der Waals surface area contributed by atoms with Crippen LogP contribution < -0.4 is 0 Å². The fourth-order valence-electron chi connectivity index (χ4n) is 3.83. The van der Waals surface area contributed by atoms with E-state index < -0.39 is 0 Å². The number of rotatable bonds is 4. The maximum absolute atomic E-state index is 6.02. The molecule has 1 atom stereocenters. The number of aryl methyl sites for hydroxylation is 3. The van der Waals surface area contributed by atoms with E-state index in [2.05, 4.69) is 42.0 Å². The normalized spacial score (nSPS) is 21.5.